The molecule has 2 heteroatoms. The Balaban J connectivity index is 0.000000810. The summed E-state index contributed by atoms with van der Waals surface area (Å²) in [6.45, 7) is 1.99. The van der Waals surface area contributed by atoms with Crippen LogP contribution in [0.5, 0.6) is 0 Å². The maximum absolute atomic E-state index is 12.6. The number of hydrogen-bond donors (Lipinski definition) is 0. The molecule has 0 atom stereocenters. The summed E-state index contributed by atoms with van der Waals surface area (Å²) in [7, 11) is 0. The molecule has 0 aliphatic heterocycles. The second-order valence-electron chi connectivity index (χ2n) is 2.25. The van der Waals surface area contributed by atoms with Crippen molar-refractivity contribution in [1.29, 1.82) is 0 Å². The summed E-state index contributed by atoms with van der Waals surface area (Å²) in [5, 5.41) is 0. The third-order valence-corrected chi connectivity index (χ3v) is 1.64. The molecule has 0 N–H and O–H groups in total. The summed E-state index contributed by atoms with van der Waals surface area (Å²) in [6, 6.07) is 0. The van der Waals surface area contributed by atoms with Crippen LogP contribution in [0, 0.1) is 0 Å². The molecule has 1 rings (SSSR count). The van der Waals surface area contributed by atoms with E-state index in [-0.39, 0.29) is 24.4 Å². The molecular formula is C8H11FV. The average Bonchev–Trinajstić information content (AvgIpc) is 1.89. The fraction of sp³-hybridized carbons (Fsp3) is 0.500. The molecule has 0 heterocycles. The van der Waals surface area contributed by atoms with Gasteiger partial charge in [-0.05, 0) is 30.9 Å². The molecule has 0 aromatic carbocycles. The molecule has 0 amide bonds. The van der Waals surface area contributed by atoms with Gasteiger partial charge in [0, 0.05) is 18.6 Å². The van der Waals surface area contributed by atoms with Crippen molar-refractivity contribution < 1.29 is 22.9 Å². The normalized spacial score (nSPS) is 17.0. The van der Waals surface area contributed by atoms with E-state index in [9.17, 15) is 4.39 Å². The van der Waals surface area contributed by atoms with E-state index < -0.39 is 0 Å². The Kier molecular flexibility index (Phi) is 4.75. The first-order chi connectivity index (χ1) is 4.34. The summed E-state index contributed by atoms with van der Waals surface area (Å²) in [5.74, 6) is -0.0104. The molecule has 0 aromatic heterocycles. The van der Waals surface area contributed by atoms with Gasteiger partial charge in [-0.3, -0.25) is 0 Å². The van der Waals surface area contributed by atoms with Gasteiger partial charge in [0.15, 0.2) is 0 Å². The van der Waals surface area contributed by atoms with E-state index in [0.29, 0.717) is 0 Å². The molecule has 0 fully saturated rings. The van der Waals surface area contributed by atoms with E-state index in [4.69, 9.17) is 0 Å². The van der Waals surface area contributed by atoms with Crippen molar-refractivity contribution in [3.05, 3.63) is 23.6 Å². The third-order valence-electron chi connectivity index (χ3n) is 1.64. The van der Waals surface area contributed by atoms with Gasteiger partial charge in [-0.25, -0.2) is 4.39 Å². The minimum Gasteiger partial charge on any atom is -0.207 e. The fourth-order valence-electron chi connectivity index (χ4n) is 1.03. The Morgan fingerprint density at radius 1 is 1.60 bits per heavy atom. The van der Waals surface area contributed by atoms with Crippen LogP contribution in [0.25, 0.3) is 0 Å². The predicted octanol–water partition coefficient (Wildman–Crippen LogP) is 2.97. The van der Waals surface area contributed by atoms with Crippen LogP contribution in [0.15, 0.2) is 23.6 Å². The molecule has 0 aromatic rings. The molecule has 10 heavy (non-hydrogen) atoms. The van der Waals surface area contributed by atoms with E-state index in [1.807, 2.05) is 13.0 Å². The fourth-order valence-corrected chi connectivity index (χ4v) is 1.03. The van der Waals surface area contributed by atoms with Crippen LogP contribution in [-0.2, 0) is 18.6 Å². The second-order valence-corrected chi connectivity index (χ2v) is 2.25. The molecule has 0 spiro atoms. The van der Waals surface area contributed by atoms with Gasteiger partial charge in [0.25, 0.3) is 0 Å². The van der Waals surface area contributed by atoms with Crippen LogP contribution in [0.1, 0.15) is 26.2 Å². The molecule has 1 radical (unpaired) electrons. The topological polar surface area (TPSA) is 0 Å². The smallest absolute Gasteiger partial charge is 0.122 e. The molecular weight excluding hydrogens is 166 g/mol. The number of rotatable bonds is 1. The largest absolute Gasteiger partial charge is 0.207 e. The van der Waals surface area contributed by atoms with E-state index in [1.165, 1.54) is 0 Å². The average molecular weight is 177 g/mol. The molecule has 0 nitrogen and oxygen atoms in total. The van der Waals surface area contributed by atoms with Gasteiger partial charge in [-0.15, -0.1) is 0 Å². The first-order valence-corrected chi connectivity index (χ1v) is 3.38. The van der Waals surface area contributed by atoms with E-state index in [0.717, 1.165) is 24.8 Å². The van der Waals surface area contributed by atoms with Crippen molar-refractivity contribution in [1.82, 2.24) is 0 Å². The van der Waals surface area contributed by atoms with Gasteiger partial charge in [-0.2, -0.15) is 0 Å². The number of allylic oxidation sites excluding steroid dienone is 4. The molecule has 0 bridgehead atoms. The van der Waals surface area contributed by atoms with Crippen molar-refractivity contribution in [3.63, 3.8) is 0 Å². The van der Waals surface area contributed by atoms with Crippen molar-refractivity contribution in [2.45, 2.75) is 26.2 Å². The maximum Gasteiger partial charge on any atom is 0.122 e. The Bertz CT molecular complexity index is 159. The Hall–Kier alpha value is -0.00558. The monoisotopic (exact) mass is 177 g/mol. The van der Waals surface area contributed by atoms with Crippen molar-refractivity contribution in [2.75, 3.05) is 0 Å². The Morgan fingerprint density at radius 3 is 2.70 bits per heavy atom. The van der Waals surface area contributed by atoms with Crippen LogP contribution < -0.4 is 0 Å². The first kappa shape index (κ1) is 9.99. The van der Waals surface area contributed by atoms with Gasteiger partial charge in [0.05, 0.1) is 0 Å². The summed E-state index contributed by atoms with van der Waals surface area (Å²) in [5.41, 5.74) is 0.970. The van der Waals surface area contributed by atoms with Crippen LogP contribution in [0.2, 0.25) is 0 Å². The van der Waals surface area contributed by atoms with Gasteiger partial charge in [0.2, 0.25) is 0 Å². The zero-order valence-corrected chi connectivity index (χ0v) is 7.50. The van der Waals surface area contributed by atoms with Crippen molar-refractivity contribution >= 4 is 0 Å². The third kappa shape index (κ3) is 2.32. The molecule has 55 valence electrons. The number of halogens is 1. The predicted molar refractivity (Wildman–Crippen MR) is 36.8 cm³/mol. The minimum absolute atomic E-state index is 0. The molecule has 0 saturated heterocycles. The molecule has 0 unspecified atom stereocenters. The molecule has 0 saturated carbocycles. The van der Waals surface area contributed by atoms with Gasteiger partial charge in [-0.1, -0.05) is 13.0 Å². The second kappa shape index (κ2) is 4.76. The Morgan fingerprint density at radius 2 is 2.30 bits per heavy atom. The standard InChI is InChI=1S/C8H11F.V/c1-2-7-5-3-4-6-8(7)9;/h4,6H,2-3,5H2,1H3;. The summed E-state index contributed by atoms with van der Waals surface area (Å²) >= 11 is 0. The van der Waals surface area contributed by atoms with E-state index >= 15 is 0 Å². The zero-order valence-electron chi connectivity index (χ0n) is 6.10. The van der Waals surface area contributed by atoms with Crippen molar-refractivity contribution in [2.24, 2.45) is 0 Å². The van der Waals surface area contributed by atoms with Gasteiger partial charge in [0.1, 0.15) is 5.83 Å². The van der Waals surface area contributed by atoms with Gasteiger partial charge >= 0.3 is 0 Å². The van der Waals surface area contributed by atoms with Crippen molar-refractivity contribution in [3.8, 4) is 0 Å². The summed E-state index contributed by atoms with van der Waals surface area (Å²) in [4.78, 5) is 0. The SMILES string of the molecule is CCC1=C(F)C=CCC1.[V]. The van der Waals surface area contributed by atoms with Crippen LogP contribution >= 0.6 is 0 Å². The quantitative estimate of drug-likeness (QED) is 0.577. The molecule has 1 aliphatic rings. The van der Waals surface area contributed by atoms with Crippen LogP contribution in [0.3, 0.4) is 0 Å². The minimum atomic E-state index is -0.0104. The Labute approximate surface area is 73.1 Å². The van der Waals surface area contributed by atoms with Gasteiger partial charge < -0.3 is 0 Å². The molecule has 1 aliphatic carbocycles. The summed E-state index contributed by atoms with van der Waals surface area (Å²) in [6.07, 6.45) is 6.24. The van der Waals surface area contributed by atoms with Crippen LogP contribution in [0.4, 0.5) is 4.39 Å². The van der Waals surface area contributed by atoms with E-state index in [2.05, 4.69) is 0 Å². The van der Waals surface area contributed by atoms with Crippen LogP contribution in [-0.4, -0.2) is 0 Å². The summed E-state index contributed by atoms with van der Waals surface area (Å²) < 4.78 is 12.6. The first-order valence-electron chi connectivity index (χ1n) is 3.38. The van der Waals surface area contributed by atoms with E-state index in [1.54, 1.807) is 6.08 Å². The zero-order chi connectivity index (χ0) is 6.69. The maximum atomic E-state index is 12.6. The number of hydrogen-bond acceptors (Lipinski definition) is 0.